The quantitative estimate of drug-likeness (QED) is 0.846. The third-order valence-corrected chi connectivity index (χ3v) is 8.13. The van der Waals surface area contributed by atoms with Crippen LogP contribution in [0.15, 0.2) is 29.2 Å². The lowest BCUT2D eigenvalue weighted by atomic mass is 9.83. The Balaban J connectivity index is 1.82. The summed E-state index contributed by atoms with van der Waals surface area (Å²) in [6.45, 7) is 1.92. The summed E-state index contributed by atoms with van der Waals surface area (Å²) in [5, 5.41) is 3.07. The Morgan fingerprint density at radius 2 is 1.58 bits per heavy atom. The van der Waals surface area contributed by atoms with Gasteiger partial charge in [-0.05, 0) is 51.2 Å². The van der Waals surface area contributed by atoms with E-state index in [1.54, 1.807) is 24.3 Å². The maximum Gasteiger partial charge on any atom is 0.242 e. The molecule has 1 amide bonds. The fourth-order valence-electron chi connectivity index (χ4n) is 3.80. The number of rotatable bonds is 4. The fraction of sp³-hybridized carbons (Fsp3) is 0.632. The summed E-state index contributed by atoms with van der Waals surface area (Å²) in [6.07, 6.45) is 8.23. The van der Waals surface area contributed by atoms with E-state index >= 15 is 0 Å². The van der Waals surface area contributed by atoms with Crippen molar-refractivity contribution in [3.63, 3.8) is 0 Å². The zero-order valence-electron chi connectivity index (χ0n) is 14.4. The number of hydrogen-bond donors (Lipinski definition) is 1. The van der Waals surface area contributed by atoms with E-state index in [0.717, 1.165) is 37.7 Å². The van der Waals surface area contributed by atoms with Crippen LogP contribution < -0.4 is 5.32 Å². The summed E-state index contributed by atoms with van der Waals surface area (Å²) >= 11 is 0. The van der Waals surface area contributed by atoms with Crippen molar-refractivity contribution in [2.24, 2.45) is 0 Å². The summed E-state index contributed by atoms with van der Waals surface area (Å²) in [4.78, 5) is 13.2. The normalized spacial score (nSPS) is 21.5. The highest BCUT2D eigenvalue weighted by Gasteiger charge is 2.55. The van der Waals surface area contributed by atoms with Gasteiger partial charge in [0.05, 0.1) is 4.90 Å². The average Bonchev–Trinajstić information content (AvgIpc) is 2.74. The third-order valence-electron chi connectivity index (χ3n) is 5.61. The van der Waals surface area contributed by atoms with Gasteiger partial charge in [-0.25, -0.2) is 8.42 Å². The van der Waals surface area contributed by atoms with Gasteiger partial charge in [0.2, 0.25) is 5.91 Å². The minimum atomic E-state index is -3.65. The maximum atomic E-state index is 13.1. The van der Waals surface area contributed by atoms with Crippen molar-refractivity contribution in [2.45, 2.75) is 80.4 Å². The molecule has 0 aromatic heterocycles. The zero-order valence-corrected chi connectivity index (χ0v) is 15.2. The van der Waals surface area contributed by atoms with Crippen LogP contribution in [0.5, 0.6) is 0 Å². The number of carbonyl (C=O) groups is 1. The van der Waals surface area contributed by atoms with Gasteiger partial charge in [0.25, 0.3) is 0 Å². The molecule has 0 saturated heterocycles. The molecule has 1 aromatic rings. The Hall–Kier alpha value is -1.36. The minimum Gasteiger partial charge on any atom is -0.352 e. The number of nitrogens with one attached hydrogen (secondary N) is 1. The van der Waals surface area contributed by atoms with Gasteiger partial charge in [-0.2, -0.15) is 0 Å². The Bertz CT molecular complexity index is 682. The molecule has 0 spiro atoms. The Kier molecular flexibility index (Phi) is 5.00. The lowest BCUT2D eigenvalue weighted by molar-refractivity contribution is -0.126. The Labute approximate surface area is 145 Å². The first-order valence-corrected chi connectivity index (χ1v) is 10.6. The number of amides is 1. The van der Waals surface area contributed by atoms with Crippen molar-refractivity contribution in [1.82, 2.24) is 5.32 Å². The van der Waals surface area contributed by atoms with Crippen molar-refractivity contribution in [3.05, 3.63) is 29.8 Å². The van der Waals surface area contributed by atoms with Crippen LogP contribution in [0.4, 0.5) is 0 Å². The second-order valence-electron chi connectivity index (χ2n) is 7.33. The van der Waals surface area contributed by atoms with Crippen LogP contribution in [0, 0.1) is 6.92 Å². The Morgan fingerprint density at radius 3 is 2.08 bits per heavy atom. The second kappa shape index (κ2) is 6.87. The number of hydrogen-bond acceptors (Lipinski definition) is 3. The predicted molar refractivity (Wildman–Crippen MR) is 94.6 cm³/mol. The van der Waals surface area contributed by atoms with Crippen LogP contribution in [-0.2, 0) is 14.6 Å². The smallest absolute Gasteiger partial charge is 0.242 e. The zero-order chi connectivity index (χ0) is 17.2. The molecule has 5 heteroatoms. The van der Waals surface area contributed by atoms with Crippen LogP contribution in [0.3, 0.4) is 0 Å². The monoisotopic (exact) mass is 349 g/mol. The molecule has 0 aliphatic heterocycles. The molecule has 1 N–H and O–H groups in total. The maximum absolute atomic E-state index is 13.1. The summed E-state index contributed by atoms with van der Waals surface area (Å²) in [5.74, 6) is -0.277. The molecule has 0 unspecified atom stereocenters. The highest BCUT2D eigenvalue weighted by atomic mass is 32.2. The van der Waals surface area contributed by atoms with Gasteiger partial charge < -0.3 is 5.32 Å². The third kappa shape index (κ3) is 3.10. The topological polar surface area (TPSA) is 63.2 Å². The number of benzene rings is 1. The molecular formula is C19H27NO3S. The van der Waals surface area contributed by atoms with Crippen molar-refractivity contribution in [2.75, 3.05) is 0 Å². The van der Waals surface area contributed by atoms with Gasteiger partial charge in [-0.15, -0.1) is 0 Å². The largest absolute Gasteiger partial charge is 0.352 e. The fourth-order valence-corrected chi connectivity index (χ4v) is 5.87. The molecule has 4 nitrogen and oxygen atoms in total. The molecule has 24 heavy (non-hydrogen) atoms. The van der Waals surface area contributed by atoms with E-state index in [-0.39, 0.29) is 16.8 Å². The molecular weight excluding hydrogens is 322 g/mol. The van der Waals surface area contributed by atoms with E-state index in [1.165, 1.54) is 12.8 Å². The molecule has 132 valence electrons. The van der Waals surface area contributed by atoms with E-state index in [0.29, 0.717) is 12.8 Å². The van der Waals surface area contributed by atoms with Gasteiger partial charge in [-0.1, -0.05) is 43.4 Å². The number of carbonyl (C=O) groups excluding carboxylic acids is 1. The molecule has 2 fully saturated rings. The van der Waals surface area contributed by atoms with Crippen molar-refractivity contribution >= 4 is 15.7 Å². The van der Waals surface area contributed by atoms with Crippen LogP contribution in [0.25, 0.3) is 0 Å². The molecule has 3 rings (SSSR count). The Morgan fingerprint density at radius 1 is 1.00 bits per heavy atom. The summed E-state index contributed by atoms with van der Waals surface area (Å²) in [5.41, 5.74) is 1.01. The van der Waals surface area contributed by atoms with Gasteiger partial charge in [-0.3, -0.25) is 4.79 Å². The SMILES string of the molecule is Cc1ccc(S(=O)(=O)C2(C(=O)NC3CCCCCC3)CCC2)cc1. The molecule has 2 aliphatic carbocycles. The summed E-state index contributed by atoms with van der Waals surface area (Å²) in [6, 6.07) is 6.98. The van der Waals surface area contributed by atoms with Crippen LogP contribution >= 0.6 is 0 Å². The molecule has 2 aliphatic rings. The highest BCUT2D eigenvalue weighted by Crippen LogP contribution is 2.43. The number of aryl methyl sites for hydroxylation is 1. The summed E-state index contributed by atoms with van der Waals surface area (Å²) in [7, 11) is -3.65. The summed E-state index contributed by atoms with van der Waals surface area (Å²) < 4.78 is 25.0. The first-order valence-electron chi connectivity index (χ1n) is 9.08. The molecule has 0 radical (unpaired) electrons. The van der Waals surface area contributed by atoms with Gasteiger partial charge in [0.1, 0.15) is 0 Å². The number of sulfone groups is 1. The van der Waals surface area contributed by atoms with Crippen LogP contribution in [0.1, 0.15) is 63.4 Å². The molecule has 2 saturated carbocycles. The van der Waals surface area contributed by atoms with Gasteiger partial charge in [0, 0.05) is 6.04 Å². The minimum absolute atomic E-state index is 0.130. The molecule has 0 atom stereocenters. The highest BCUT2D eigenvalue weighted by molar-refractivity contribution is 7.93. The molecule has 0 bridgehead atoms. The van der Waals surface area contributed by atoms with E-state index in [4.69, 9.17) is 0 Å². The van der Waals surface area contributed by atoms with Crippen molar-refractivity contribution < 1.29 is 13.2 Å². The second-order valence-corrected chi connectivity index (χ2v) is 9.59. The van der Waals surface area contributed by atoms with E-state index < -0.39 is 14.6 Å². The van der Waals surface area contributed by atoms with Crippen molar-refractivity contribution in [1.29, 1.82) is 0 Å². The molecule has 1 aromatic carbocycles. The van der Waals surface area contributed by atoms with E-state index in [9.17, 15) is 13.2 Å². The van der Waals surface area contributed by atoms with E-state index in [2.05, 4.69) is 5.32 Å². The van der Waals surface area contributed by atoms with Gasteiger partial charge in [0.15, 0.2) is 14.6 Å². The predicted octanol–water partition coefficient (Wildman–Crippen LogP) is 3.53. The first kappa shape index (κ1) is 17.5. The van der Waals surface area contributed by atoms with E-state index in [1.807, 2.05) is 6.92 Å². The lowest BCUT2D eigenvalue weighted by Gasteiger charge is -2.40. The average molecular weight is 349 g/mol. The van der Waals surface area contributed by atoms with Crippen LogP contribution in [-0.4, -0.2) is 25.1 Å². The molecule has 0 heterocycles. The van der Waals surface area contributed by atoms with Crippen LogP contribution in [0.2, 0.25) is 0 Å². The van der Waals surface area contributed by atoms with Gasteiger partial charge >= 0.3 is 0 Å². The van der Waals surface area contributed by atoms with Crippen molar-refractivity contribution in [3.8, 4) is 0 Å². The first-order chi connectivity index (χ1) is 11.5. The lowest BCUT2D eigenvalue weighted by Crippen LogP contribution is -2.58. The standard InChI is InChI=1S/C19H27NO3S/c1-15-9-11-17(12-10-15)24(22,23)19(13-6-14-19)18(21)20-16-7-4-2-3-5-8-16/h9-12,16H,2-8,13-14H2,1H3,(H,20,21).